The summed E-state index contributed by atoms with van der Waals surface area (Å²) in [5.74, 6) is -0.609. The van der Waals surface area contributed by atoms with Crippen molar-refractivity contribution >= 4 is 17.1 Å². The molecule has 0 spiro atoms. The number of carbonyl (C=O) groups excluding carboxylic acids is 1. The molecule has 1 saturated heterocycles. The van der Waals surface area contributed by atoms with Crippen LogP contribution < -0.4 is 4.74 Å². The second-order valence-corrected chi connectivity index (χ2v) is 8.15. The molecule has 1 amide bonds. The molecule has 2 fully saturated rings. The number of carbonyl (C=O) groups is 1. The lowest BCUT2D eigenvalue weighted by atomic mass is 10.1. The van der Waals surface area contributed by atoms with E-state index in [1.165, 1.54) is 29.4 Å². The minimum atomic E-state index is -4.58. The van der Waals surface area contributed by atoms with Crippen LogP contribution in [0.1, 0.15) is 23.7 Å². The molecule has 1 aromatic carbocycles. The van der Waals surface area contributed by atoms with Crippen molar-refractivity contribution in [3.05, 3.63) is 23.8 Å². The molecule has 3 unspecified atom stereocenters. The van der Waals surface area contributed by atoms with Gasteiger partial charge in [0.05, 0.1) is 17.0 Å². The number of amides is 1. The third-order valence-electron chi connectivity index (χ3n) is 4.93. The monoisotopic (exact) mass is 386 g/mol. The van der Waals surface area contributed by atoms with Gasteiger partial charge in [-0.15, -0.1) is 0 Å². The predicted molar refractivity (Wildman–Crippen MR) is 87.0 cm³/mol. The summed E-state index contributed by atoms with van der Waals surface area (Å²) in [7, 11) is 0. The van der Waals surface area contributed by atoms with E-state index in [4.69, 9.17) is 4.74 Å². The molecule has 3 rings (SSSR count). The van der Waals surface area contributed by atoms with E-state index in [1.54, 1.807) is 0 Å². The highest BCUT2D eigenvalue weighted by atomic mass is 32.2. The van der Waals surface area contributed by atoms with Crippen molar-refractivity contribution in [2.75, 3.05) is 19.3 Å². The van der Waals surface area contributed by atoms with Crippen LogP contribution in [0, 0.1) is 22.7 Å². The van der Waals surface area contributed by atoms with E-state index in [0.29, 0.717) is 11.4 Å². The molecule has 9 heteroatoms. The molecule has 2 aliphatic rings. The average Bonchev–Trinajstić information content (AvgIpc) is 3.14. The summed E-state index contributed by atoms with van der Waals surface area (Å²) in [5, 5.41) is 9.24. The van der Waals surface area contributed by atoms with Crippen LogP contribution in [0.15, 0.2) is 23.1 Å². The first-order valence-corrected chi connectivity index (χ1v) is 9.54. The number of halogens is 3. The van der Waals surface area contributed by atoms with Crippen LogP contribution >= 0.6 is 0 Å². The first-order chi connectivity index (χ1) is 12.1. The molecule has 0 N–H and O–H groups in total. The lowest BCUT2D eigenvalue weighted by Crippen LogP contribution is -2.34. The predicted octanol–water partition coefficient (Wildman–Crippen LogP) is 2.74. The normalized spacial score (nSPS) is 26.7. The van der Waals surface area contributed by atoms with Gasteiger partial charge in [-0.2, -0.15) is 18.4 Å². The average molecular weight is 386 g/mol. The molecular formula is C17H17F3N2O3S. The smallest absolute Gasteiger partial charge is 0.425 e. The van der Waals surface area contributed by atoms with Crippen molar-refractivity contribution in [2.45, 2.75) is 30.5 Å². The Kier molecular flexibility index (Phi) is 4.61. The number of ether oxygens (including phenoxy) is 1. The molecule has 140 valence electrons. The zero-order valence-corrected chi connectivity index (χ0v) is 15.0. The summed E-state index contributed by atoms with van der Waals surface area (Å²) in [4.78, 5) is 14.6. The fourth-order valence-corrected chi connectivity index (χ4v) is 3.74. The summed E-state index contributed by atoms with van der Waals surface area (Å²) in [6.07, 6.45) is -4.52. The number of rotatable bonds is 4. The number of likely N-dealkylation sites (tertiary alicyclic amines) is 1. The summed E-state index contributed by atoms with van der Waals surface area (Å²) >= 11 is -1.40. The topological polar surface area (TPSA) is 76.4 Å². The van der Waals surface area contributed by atoms with Gasteiger partial charge in [-0.3, -0.25) is 4.79 Å². The molecule has 1 aromatic rings. The highest BCUT2D eigenvalue weighted by molar-refractivity contribution is 7.90. The van der Waals surface area contributed by atoms with Crippen molar-refractivity contribution in [1.82, 2.24) is 4.90 Å². The van der Waals surface area contributed by atoms with Crippen molar-refractivity contribution < 1.29 is 27.3 Å². The van der Waals surface area contributed by atoms with Crippen LogP contribution in [0.5, 0.6) is 5.75 Å². The summed E-state index contributed by atoms with van der Waals surface area (Å²) in [6.45, 7) is 1.50. The van der Waals surface area contributed by atoms with Gasteiger partial charge in [-0.1, -0.05) is 0 Å². The van der Waals surface area contributed by atoms with E-state index in [-0.39, 0.29) is 23.8 Å². The quantitative estimate of drug-likeness (QED) is 0.746. The third-order valence-corrected chi connectivity index (χ3v) is 5.85. The van der Waals surface area contributed by atoms with Crippen LogP contribution in [0.25, 0.3) is 0 Å². The second kappa shape index (κ2) is 6.35. The number of benzene rings is 1. The molecule has 1 aliphatic carbocycles. The van der Waals surface area contributed by atoms with E-state index in [9.17, 15) is 27.8 Å². The zero-order valence-electron chi connectivity index (χ0n) is 14.2. The van der Waals surface area contributed by atoms with Crippen LogP contribution in [0.3, 0.4) is 0 Å². The summed E-state index contributed by atoms with van der Waals surface area (Å²) in [6, 6.07) is 6.15. The van der Waals surface area contributed by atoms with Gasteiger partial charge in [0.25, 0.3) is 5.91 Å². The SMILES string of the molecule is C[C@@H](Oc1ccc([S+](C)[O-])cc1C(=O)N1CC2CC2(C#N)C1)C(F)(F)F. The maximum atomic E-state index is 12.9. The second-order valence-electron chi connectivity index (χ2n) is 6.77. The molecule has 26 heavy (non-hydrogen) atoms. The maximum Gasteiger partial charge on any atom is 0.425 e. The Morgan fingerprint density at radius 3 is 2.77 bits per heavy atom. The number of hydrogen-bond donors (Lipinski definition) is 0. The van der Waals surface area contributed by atoms with Gasteiger partial charge < -0.3 is 14.2 Å². The minimum absolute atomic E-state index is 0.0665. The van der Waals surface area contributed by atoms with Crippen molar-refractivity contribution in [2.24, 2.45) is 11.3 Å². The van der Waals surface area contributed by atoms with Gasteiger partial charge in [0.2, 0.25) is 0 Å². The fourth-order valence-electron chi connectivity index (χ4n) is 3.20. The van der Waals surface area contributed by atoms with Gasteiger partial charge in [-0.25, -0.2) is 0 Å². The number of alkyl halides is 3. The lowest BCUT2D eigenvalue weighted by molar-refractivity contribution is -0.189. The van der Waals surface area contributed by atoms with Crippen molar-refractivity contribution in [3.8, 4) is 11.8 Å². The van der Waals surface area contributed by atoms with Gasteiger partial charge in [0.15, 0.2) is 11.0 Å². The van der Waals surface area contributed by atoms with E-state index in [1.807, 2.05) is 0 Å². The van der Waals surface area contributed by atoms with Crippen LogP contribution in [-0.2, 0) is 11.2 Å². The molecule has 1 aliphatic heterocycles. The van der Waals surface area contributed by atoms with Gasteiger partial charge in [0, 0.05) is 19.2 Å². The first kappa shape index (κ1) is 18.9. The summed E-state index contributed by atoms with van der Waals surface area (Å²) in [5.41, 5.74) is -0.593. The van der Waals surface area contributed by atoms with Crippen molar-refractivity contribution in [3.63, 3.8) is 0 Å². The van der Waals surface area contributed by atoms with E-state index < -0.39 is 34.8 Å². The molecule has 1 heterocycles. The first-order valence-electron chi connectivity index (χ1n) is 7.99. The zero-order chi connectivity index (χ0) is 19.3. The highest BCUT2D eigenvalue weighted by Crippen LogP contribution is 2.57. The van der Waals surface area contributed by atoms with Crippen LogP contribution in [0.2, 0.25) is 0 Å². The Labute approximate surface area is 151 Å². The molecular weight excluding hydrogens is 369 g/mol. The van der Waals surface area contributed by atoms with E-state index in [2.05, 4.69) is 6.07 Å². The standard InChI is InChI=1S/C17H17F3N2O3S/c1-10(17(18,19)20)25-14-4-3-12(26(2)24)5-13(14)15(23)22-7-11-6-16(11,8-21)9-22/h3-5,10-11H,6-7,9H2,1-2H3/t10-,11?,16?,26?/m1/s1. The fraction of sp³-hybridized carbons (Fsp3) is 0.529. The third kappa shape index (κ3) is 3.35. The van der Waals surface area contributed by atoms with E-state index >= 15 is 0 Å². The largest absolute Gasteiger partial charge is 0.612 e. The Morgan fingerprint density at radius 1 is 1.54 bits per heavy atom. The Balaban J connectivity index is 1.89. The van der Waals surface area contributed by atoms with Crippen LogP contribution in [0.4, 0.5) is 13.2 Å². The number of hydrogen-bond acceptors (Lipinski definition) is 4. The van der Waals surface area contributed by atoms with Gasteiger partial charge in [0.1, 0.15) is 12.0 Å². The minimum Gasteiger partial charge on any atom is -0.612 e. The number of nitriles is 1. The molecule has 0 radical (unpaired) electrons. The Morgan fingerprint density at radius 2 is 2.23 bits per heavy atom. The molecule has 0 bridgehead atoms. The number of piperidine rings is 1. The number of nitrogens with zero attached hydrogens (tertiary/aromatic N) is 2. The lowest BCUT2D eigenvalue weighted by Gasteiger charge is -2.23. The molecule has 1 saturated carbocycles. The Bertz CT molecular complexity index is 777. The molecule has 5 nitrogen and oxygen atoms in total. The van der Waals surface area contributed by atoms with Crippen LogP contribution in [-0.4, -0.2) is 47.0 Å². The highest BCUT2D eigenvalue weighted by Gasteiger charge is 2.61. The maximum absolute atomic E-state index is 12.9. The summed E-state index contributed by atoms with van der Waals surface area (Å²) < 4.78 is 55.2. The molecule has 0 aromatic heterocycles. The van der Waals surface area contributed by atoms with Gasteiger partial charge in [-0.05, 0) is 42.6 Å². The van der Waals surface area contributed by atoms with E-state index in [0.717, 1.165) is 13.3 Å². The Hall–Kier alpha value is -1.92. The van der Waals surface area contributed by atoms with Gasteiger partial charge >= 0.3 is 6.18 Å². The number of fused-ring (bicyclic) bond motifs is 1. The molecule has 4 atom stereocenters. The van der Waals surface area contributed by atoms with Crippen molar-refractivity contribution in [1.29, 1.82) is 5.26 Å².